The Labute approximate surface area is 195 Å². The normalized spacial score (nSPS) is 14.8. The highest BCUT2D eigenvalue weighted by Crippen LogP contribution is 2.45. The molecule has 0 amide bonds. The number of benzene rings is 3. The molecule has 0 saturated heterocycles. The minimum absolute atomic E-state index is 0.0557. The zero-order valence-corrected chi connectivity index (χ0v) is 18.2. The number of aromatic amines is 1. The molecule has 33 heavy (non-hydrogen) atoms. The second-order valence-corrected chi connectivity index (χ2v) is 7.96. The number of rotatable bonds is 5. The second-order valence-electron chi connectivity index (χ2n) is 7.56. The number of hydrogen-bond donors (Lipinski definition) is 2. The van der Waals surface area contributed by atoms with E-state index in [9.17, 15) is 5.26 Å². The van der Waals surface area contributed by atoms with Crippen LogP contribution in [0.3, 0.4) is 0 Å². The summed E-state index contributed by atoms with van der Waals surface area (Å²) in [6.07, 6.45) is 0. The minimum atomic E-state index is -0.426. The van der Waals surface area contributed by atoms with Gasteiger partial charge in [0, 0.05) is 10.6 Å². The van der Waals surface area contributed by atoms with Crippen molar-refractivity contribution in [3.63, 3.8) is 0 Å². The van der Waals surface area contributed by atoms with Crippen molar-refractivity contribution in [2.75, 3.05) is 0 Å². The van der Waals surface area contributed by atoms with Crippen LogP contribution >= 0.6 is 11.6 Å². The molecule has 162 valence electrons. The summed E-state index contributed by atoms with van der Waals surface area (Å²) in [5, 5.41) is 17.9. The zero-order chi connectivity index (χ0) is 22.8. The molecule has 2 heterocycles. The summed E-state index contributed by atoms with van der Waals surface area (Å²) in [5.41, 5.74) is 10.7. The van der Waals surface area contributed by atoms with Crippen LogP contribution in [0.15, 0.2) is 90.3 Å². The maximum absolute atomic E-state index is 9.87. The average molecular weight is 455 g/mol. The molecule has 0 radical (unpaired) electrons. The van der Waals surface area contributed by atoms with Crippen LogP contribution in [0.2, 0.25) is 5.02 Å². The van der Waals surface area contributed by atoms with Crippen molar-refractivity contribution in [1.29, 1.82) is 5.26 Å². The molecule has 6 nitrogen and oxygen atoms in total. The van der Waals surface area contributed by atoms with Gasteiger partial charge in [-0.25, -0.2) is 0 Å². The molecule has 3 N–H and O–H groups in total. The molecule has 5 rings (SSSR count). The summed E-state index contributed by atoms with van der Waals surface area (Å²) in [4.78, 5) is 0. The van der Waals surface area contributed by atoms with Gasteiger partial charge >= 0.3 is 0 Å². The van der Waals surface area contributed by atoms with Crippen molar-refractivity contribution in [3.05, 3.63) is 112 Å². The van der Waals surface area contributed by atoms with E-state index in [0.29, 0.717) is 28.8 Å². The lowest BCUT2D eigenvalue weighted by Crippen LogP contribution is -2.21. The highest BCUT2D eigenvalue weighted by atomic mass is 35.5. The van der Waals surface area contributed by atoms with Crippen LogP contribution in [0, 0.1) is 11.3 Å². The van der Waals surface area contributed by atoms with Crippen molar-refractivity contribution in [1.82, 2.24) is 10.2 Å². The van der Waals surface area contributed by atoms with Gasteiger partial charge in [-0.05, 0) is 29.3 Å². The van der Waals surface area contributed by atoms with Crippen LogP contribution in [-0.4, -0.2) is 10.2 Å². The van der Waals surface area contributed by atoms with Crippen molar-refractivity contribution in [2.45, 2.75) is 12.5 Å². The summed E-state index contributed by atoms with van der Waals surface area (Å²) in [6, 6.07) is 27.2. The molecule has 1 aliphatic rings. The largest absolute Gasteiger partial charge is 0.489 e. The number of halogens is 1. The highest BCUT2D eigenvalue weighted by Gasteiger charge is 2.35. The lowest BCUT2D eigenvalue weighted by atomic mass is 9.83. The van der Waals surface area contributed by atoms with Crippen LogP contribution in [0.1, 0.15) is 22.6 Å². The molecular formula is C26H19ClN4O2. The van der Waals surface area contributed by atoms with E-state index in [0.717, 1.165) is 27.9 Å². The first-order chi connectivity index (χ1) is 16.2. The van der Waals surface area contributed by atoms with Gasteiger partial charge in [-0.15, -0.1) is 5.10 Å². The van der Waals surface area contributed by atoms with E-state index in [2.05, 4.69) is 16.3 Å². The molecule has 0 aliphatic carbocycles. The van der Waals surface area contributed by atoms with Gasteiger partial charge in [-0.3, -0.25) is 5.10 Å². The fourth-order valence-electron chi connectivity index (χ4n) is 3.94. The van der Waals surface area contributed by atoms with Crippen LogP contribution < -0.4 is 15.2 Å². The summed E-state index contributed by atoms with van der Waals surface area (Å²) in [6.45, 7) is 0.358. The Bertz CT molecular complexity index is 1370. The maximum Gasteiger partial charge on any atom is 0.244 e. The number of nitrogens with one attached hydrogen (secondary N) is 1. The Kier molecular flexibility index (Phi) is 5.47. The number of hydrogen-bond acceptors (Lipinski definition) is 5. The summed E-state index contributed by atoms with van der Waals surface area (Å²) < 4.78 is 11.6. The van der Waals surface area contributed by atoms with Crippen molar-refractivity contribution < 1.29 is 9.47 Å². The third kappa shape index (κ3) is 3.91. The molecule has 0 bridgehead atoms. The van der Waals surface area contributed by atoms with Gasteiger partial charge in [-0.2, -0.15) is 5.26 Å². The lowest BCUT2D eigenvalue weighted by Gasteiger charge is -2.24. The fraction of sp³-hybridized carbons (Fsp3) is 0.0769. The van der Waals surface area contributed by atoms with Crippen LogP contribution in [0.5, 0.6) is 11.6 Å². The van der Waals surface area contributed by atoms with Crippen LogP contribution in [0.4, 0.5) is 0 Å². The molecule has 0 spiro atoms. The number of nitrogens with two attached hydrogens (primary N) is 1. The van der Waals surface area contributed by atoms with E-state index in [4.69, 9.17) is 26.8 Å². The number of nitrogens with zero attached hydrogens (tertiary/aromatic N) is 2. The standard InChI is InChI=1S/C26H19ClN4O2/c27-21-9-5-4-8-18(21)15-32-19-12-10-16(11-13-19)22-20(14-28)25(29)33-26-23(22)24(30-31-26)17-6-2-1-3-7-17/h1-13,22H,15,29H2,(H,30,31)/t22-/m0/s1. The predicted molar refractivity (Wildman–Crippen MR) is 126 cm³/mol. The molecular weight excluding hydrogens is 436 g/mol. The van der Waals surface area contributed by atoms with Gasteiger partial charge < -0.3 is 15.2 Å². The molecule has 1 aliphatic heterocycles. The third-order valence-corrected chi connectivity index (χ3v) is 5.94. The smallest absolute Gasteiger partial charge is 0.244 e. The number of aromatic nitrogens is 2. The fourth-order valence-corrected chi connectivity index (χ4v) is 4.13. The minimum Gasteiger partial charge on any atom is -0.489 e. The Morgan fingerprint density at radius 1 is 1.03 bits per heavy atom. The van der Waals surface area contributed by atoms with E-state index < -0.39 is 5.92 Å². The van der Waals surface area contributed by atoms with E-state index in [1.54, 1.807) is 0 Å². The Balaban J connectivity index is 1.49. The molecule has 4 aromatic rings. The highest BCUT2D eigenvalue weighted by molar-refractivity contribution is 6.31. The zero-order valence-electron chi connectivity index (χ0n) is 17.5. The van der Waals surface area contributed by atoms with Crippen molar-refractivity contribution in [2.24, 2.45) is 5.73 Å². The van der Waals surface area contributed by atoms with E-state index in [-0.39, 0.29) is 5.88 Å². The number of H-pyrrole nitrogens is 1. The maximum atomic E-state index is 9.87. The number of ether oxygens (including phenoxy) is 2. The summed E-state index contributed by atoms with van der Waals surface area (Å²) in [7, 11) is 0. The Hall–Kier alpha value is -4.21. The predicted octanol–water partition coefficient (Wildman–Crippen LogP) is 5.53. The Morgan fingerprint density at radius 2 is 1.76 bits per heavy atom. The second kappa shape index (κ2) is 8.73. The summed E-state index contributed by atoms with van der Waals surface area (Å²) >= 11 is 6.22. The first kappa shape index (κ1) is 20.7. The molecule has 1 atom stereocenters. The van der Waals surface area contributed by atoms with Gasteiger partial charge in [0.1, 0.15) is 24.0 Å². The molecule has 0 unspecified atom stereocenters. The van der Waals surface area contributed by atoms with E-state index in [1.807, 2.05) is 78.9 Å². The van der Waals surface area contributed by atoms with Gasteiger partial charge in [0.05, 0.1) is 17.2 Å². The molecule has 0 saturated carbocycles. The first-order valence-corrected chi connectivity index (χ1v) is 10.7. The van der Waals surface area contributed by atoms with Crippen molar-refractivity contribution in [3.8, 4) is 29.0 Å². The average Bonchev–Trinajstić information content (AvgIpc) is 3.27. The number of nitriles is 1. The van der Waals surface area contributed by atoms with Gasteiger partial charge in [0.25, 0.3) is 0 Å². The van der Waals surface area contributed by atoms with E-state index >= 15 is 0 Å². The van der Waals surface area contributed by atoms with Gasteiger partial charge in [-0.1, -0.05) is 72.3 Å². The molecule has 3 aromatic carbocycles. The first-order valence-electron chi connectivity index (χ1n) is 10.3. The Morgan fingerprint density at radius 3 is 2.48 bits per heavy atom. The molecule has 1 aromatic heterocycles. The van der Waals surface area contributed by atoms with Crippen molar-refractivity contribution >= 4 is 11.6 Å². The topological polar surface area (TPSA) is 97.0 Å². The number of allylic oxidation sites excluding steroid dienone is 1. The van der Waals surface area contributed by atoms with Gasteiger partial charge in [0.15, 0.2) is 0 Å². The number of fused-ring (bicyclic) bond motifs is 1. The van der Waals surface area contributed by atoms with E-state index in [1.165, 1.54) is 0 Å². The summed E-state index contributed by atoms with van der Waals surface area (Å²) in [5.74, 6) is 0.691. The molecule has 7 heteroatoms. The monoisotopic (exact) mass is 454 g/mol. The quantitative estimate of drug-likeness (QED) is 0.413. The van der Waals surface area contributed by atoms with Crippen LogP contribution in [-0.2, 0) is 6.61 Å². The van der Waals surface area contributed by atoms with Crippen LogP contribution in [0.25, 0.3) is 11.3 Å². The SMILES string of the molecule is N#CC1=C(N)Oc2n[nH]c(-c3ccccc3)c2[C@H]1c1ccc(OCc2ccccc2Cl)cc1. The molecule has 0 fully saturated rings. The lowest BCUT2D eigenvalue weighted by molar-refractivity contribution is 0.306. The van der Waals surface area contributed by atoms with Gasteiger partial charge in [0.2, 0.25) is 11.8 Å². The third-order valence-electron chi connectivity index (χ3n) is 5.57.